The molecule has 5 nitrogen and oxygen atoms in total. The summed E-state index contributed by atoms with van der Waals surface area (Å²) in [6, 6.07) is 3.78. The maximum Gasteiger partial charge on any atom is 0.255 e. The maximum absolute atomic E-state index is 12.6. The van der Waals surface area contributed by atoms with Gasteiger partial charge in [-0.05, 0) is 43.4 Å². The Hall–Kier alpha value is -1.88. The molecule has 5 heteroatoms. The van der Waals surface area contributed by atoms with Crippen molar-refractivity contribution in [1.82, 2.24) is 19.6 Å². The number of pyridine rings is 1. The molecule has 4 rings (SSSR count). The smallest absolute Gasteiger partial charge is 0.255 e. The monoisotopic (exact) mass is 284 g/mol. The van der Waals surface area contributed by atoms with Gasteiger partial charge in [0.15, 0.2) is 0 Å². The minimum atomic E-state index is 0.145. The molecule has 2 aromatic heterocycles. The van der Waals surface area contributed by atoms with E-state index in [9.17, 15) is 4.79 Å². The first kappa shape index (κ1) is 12.8. The van der Waals surface area contributed by atoms with Crippen molar-refractivity contribution in [2.24, 2.45) is 5.41 Å². The van der Waals surface area contributed by atoms with Gasteiger partial charge in [0.25, 0.3) is 5.91 Å². The quantitative estimate of drug-likeness (QED) is 0.864. The Kier molecular flexibility index (Phi) is 2.96. The van der Waals surface area contributed by atoms with Gasteiger partial charge in [-0.25, -0.2) is 4.98 Å². The molecule has 1 N–H and O–H groups in total. The Bertz CT molecular complexity index is 662. The van der Waals surface area contributed by atoms with Gasteiger partial charge in [-0.15, -0.1) is 0 Å². The van der Waals surface area contributed by atoms with Gasteiger partial charge in [0.2, 0.25) is 0 Å². The van der Waals surface area contributed by atoms with Gasteiger partial charge >= 0.3 is 0 Å². The zero-order valence-corrected chi connectivity index (χ0v) is 12.1. The molecule has 0 atom stereocenters. The fraction of sp³-hybridized carbons (Fsp3) is 0.500. The summed E-state index contributed by atoms with van der Waals surface area (Å²) in [6.45, 7) is 4.01. The fourth-order valence-corrected chi connectivity index (χ4v) is 3.64. The van der Waals surface area contributed by atoms with E-state index in [1.807, 2.05) is 33.8 Å². The van der Waals surface area contributed by atoms with E-state index in [1.54, 1.807) is 6.20 Å². The SMILES string of the molecule is O=C(c1ccc2nccn2c1)N1CCC2(CCNC2)CC1. The average Bonchev–Trinajstić information content (AvgIpc) is 3.16. The molecular formula is C16H20N4O. The second kappa shape index (κ2) is 4.84. The lowest BCUT2D eigenvalue weighted by Gasteiger charge is -2.38. The Balaban J connectivity index is 1.50. The van der Waals surface area contributed by atoms with Crippen LogP contribution in [0.2, 0.25) is 0 Å². The zero-order chi connectivity index (χ0) is 14.3. The highest BCUT2D eigenvalue weighted by molar-refractivity contribution is 5.94. The third kappa shape index (κ3) is 2.21. The number of hydrogen-bond acceptors (Lipinski definition) is 3. The summed E-state index contributed by atoms with van der Waals surface area (Å²) >= 11 is 0. The van der Waals surface area contributed by atoms with Gasteiger partial charge in [-0.1, -0.05) is 0 Å². The van der Waals surface area contributed by atoms with Crippen LogP contribution in [-0.2, 0) is 0 Å². The third-order valence-corrected chi connectivity index (χ3v) is 5.08. The molecule has 2 fully saturated rings. The van der Waals surface area contributed by atoms with Gasteiger partial charge in [0, 0.05) is 38.2 Å². The Labute approximate surface area is 124 Å². The molecule has 2 aliphatic rings. The minimum absolute atomic E-state index is 0.145. The van der Waals surface area contributed by atoms with E-state index in [0.717, 1.165) is 50.2 Å². The van der Waals surface area contributed by atoms with Crippen molar-refractivity contribution < 1.29 is 4.79 Å². The molecule has 0 bridgehead atoms. The molecule has 0 saturated carbocycles. The second-order valence-electron chi connectivity index (χ2n) is 6.33. The Morgan fingerprint density at radius 2 is 2.10 bits per heavy atom. The number of piperidine rings is 1. The van der Waals surface area contributed by atoms with Crippen molar-refractivity contribution in [3.63, 3.8) is 0 Å². The van der Waals surface area contributed by atoms with E-state index in [2.05, 4.69) is 10.3 Å². The van der Waals surface area contributed by atoms with Crippen molar-refractivity contribution in [2.75, 3.05) is 26.2 Å². The number of amides is 1. The number of hydrogen-bond donors (Lipinski definition) is 1. The van der Waals surface area contributed by atoms with Gasteiger partial charge in [-0.2, -0.15) is 0 Å². The first-order chi connectivity index (χ1) is 10.3. The zero-order valence-electron chi connectivity index (χ0n) is 12.1. The predicted octanol–water partition coefficient (Wildman–Crippen LogP) is 1.55. The number of likely N-dealkylation sites (tertiary alicyclic amines) is 1. The number of rotatable bonds is 1. The van der Waals surface area contributed by atoms with Crippen LogP contribution in [0.15, 0.2) is 30.7 Å². The summed E-state index contributed by atoms with van der Waals surface area (Å²) in [6.07, 6.45) is 9.02. The van der Waals surface area contributed by atoms with Crippen LogP contribution in [0.1, 0.15) is 29.6 Å². The van der Waals surface area contributed by atoms with Crippen LogP contribution in [0, 0.1) is 5.41 Å². The molecule has 1 spiro atoms. The standard InChI is InChI=1S/C16H20N4O/c21-15(13-1-2-14-18-7-10-20(14)11-13)19-8-4-16(5-9-19)3-6-17-12-16/h1-2,7,10-11,17H,3-6,8-9,12H2. The van der Waals surface area contributed by atoms with Crippen LogP contribution in [0.25, 0.3) is 5.65 Å². The van der Waals surface area contributed by atoms with E-state index in [0.29, 0.717) is 5.41 Å². The van der Waals surface area contributed by atoms with Gasteiger partial charge in [0.1, 0.15) is 5.65 Å². The summed E-state index contributed by atoms with van der Waals surface area (Å²) in [5.74, 6) is 0.145. The maximum atomic E-state index is 12.6. The predicted molar refractivity (Wildman–Crippen MR) is 80.2 cm³/mol. The van der Waals surface area contributed by atoms with Crippen molar-refractivity contribution >= 4 is 11.6 Å². The number of nitrogens with zero attached hydrogens (tertiary/aromatic N) is 3. The molecular weight excluding hydrogens is 264 g/mol. The van der Waals surface area contributed by atoms with E-state index < -0.39 is 0 Å². The molecule has 0 unspecified atom stereocenters. The van der Waals surface area contributed by atoms with E-state index in [4.69, 9.17) is 0 Å². The summed E-state index contributed by atoms with van der Waals surface area (Å²) in [4.78, 5) is 18.9. The van der Waals surface area contributed by atoms with Crippen LogP contribution in [0.4, 0.5) is 0 Å². The molecule has 1 amide bonds. The van der Waals surface area contributed by atoms with Crippen LogP contribution >= 0.6 is 0 Å². The van der Waals surface area contributed by atoms with Crippen molar-refractivity contribution in [2.45, 2.75) is 19.3 Å². The molecule has 0 aliphatic carbocycles. The highest BCUT2D eigenvalue weighted by atomic mass is 16.2. The number of carbonyl (C=O) groups is 1. The molecule has 4 heterocycles. The lowest BCUT2D eigenvalue weighted by molar-refractivity contribution is 0.0607. The number of aromatic nitrogens is 2. The third-order valence-electron chi connectivity index (χ3n) is 5.08. The number of nitrogens with one attached hydrogen (secondary N) is 1. The van der Waals surface area contributed by atoms with Gasteiger partial charge in [-0.3, -0.25) is 4.79 Å². The second-order valence-corrected chi connectivity index (χ2v) is 6.33. The summed E-state index contributed by atoms with van der Waals surface area (Å²) in [5.41, 5.74) is 2.08. The Morgan fingerprint density at radius 3 is 2.86 bits per heavy atom. The summed E-state index contributed by atoms with van der Waals surface area (Å²) in [5, 5.41) is 3.46. The van der Waals surface area contributed by atoms with Crippen LogP contribution in [0.3, 0.4) is 0 Å². The molecule has 2 aliphatic heterocycles. The van der Waals surface area contributed by atoms with Gasteiger partial charge in [0.05, 0.1) is 5.56 Å². The number of carbonyl (C=O) groups excluding carboxylic acids is 1. The molecule has 21 heavy (non-hydrogen) atoms. The van der Waals surface area contributed by atoms with Crippen LogP contribution in [0.5, 0.6) is 0 Å². The first-order valence-electron chi connectivity index (χ1n) is 7.69. The van der Waals surface area contributed by atoms with Crippen molar-refractivity contribution in [3.05, 3.63) is 36.3 Å². The fourth-order valence-electron chi connectivity index (χ4n) is 3.64. The largest absolute Gasteiger partial charge is 0.339 e. The average molecular weight is 284 g/mol. The minimum Gasteiger partial charge on any atom is -0.339 e. The van der Waals surface area contributed by atoms with Gasteiger partial charge < -0.3 is 14.6 Å². The lowest BCUT2D eigenvalue weighted by Crippen LogP contribution is -2.44. The van der Waals surface area contributed by atoms with E-state index >= 15 is 0 Å². The Morgan fingerprint density at radius 1 is 1.24 bits per heavy atom. The van der Waals surface area contributed by atoms with Crippen molar-refractivity contribution in [1.29, 1.82) is 0 Å². The highest BCUT2D eigenvalue weighted by Crippen LogP contribution is 2.37. The molecule has 0 aromatic carbocycles. The van der Waals surface area contributed by atoms with E-state index in [1.165, 1.54) is 6.42 Å². The van der Waals surface area contributed by atoms with E-state index in [-0.39, 0.29) is 5.91 Å². The topological polar surface area (TPSA) is 49.6 Å². The molecule has 110 valence electrons. The molecule has 0 radical (unpaired) electrons. The van der Waals surface area contributed by atoms with Crippen LogP contribution < -0.4 is 5.32 Å². The highest BCUT2D eigenvalue weighted by Gasteiger charge is 2.38. The van der Waals surface area contributed by atoms with Crippen LogP contribution in [-0.4, -0.2) is 46.4 Å². The summed E-state index contributed by atoms with van der Waals surface area (Å²) < 4.78 is 1.90. The number of fused-ring (bicyclic) bond motifs is 1. The molecule has 2 saturated heterocycles. The van der Waals surface area contributed by atoms with Crippen molar-refractivity contribution in [3.8, 4) is 0 Å². The lowest BCUT2D eigenvalue weighted by atomic mass is 9.78. The normalized spacial score (nSPS) is 21.2. The molecule has 2 aromatic rings. The first-order valence-corrected chi connectivity index (χ1v) is 7.69. The number of imidazole rings is 1. The summed E-state index contributed by atoms with van der Waals surface area (Å²) in [7, 11) is 0.